The number of anilines is 1. The van der Waals surface area contributed by atoms with E-state index in [9.17, 15) is 4.79 Å². The van der Waals surface area contributed by atoms with Gasteiger partial charge in [-0.1, -0.05) is 26.0 Å². The molecule has 0 saturated heterocycles. The van der Waals surface area contributed by atoms with Gasteiger partial charge in [0.2, 0.25) is 0 Å². The fourth-order valence-corrected chi connectivity index (χ4v) is 3.26. The summed E-state index contributed by atoms with van der Waals surface area (Å²) in [5, 5.41) is 5.28. The molecule has 4 nitrogen and oxygen atoms in total. The van der Waals surface area contributed by atoms with Crippen molar-refractivity contribution in [3.63, 3.8) is 0 Å². The summed E-state index contributed by atoms with van der Waals surface area (Å²) < 4.78 is 5.64. The molecule has 0 unspecified atom stereocenters. The van der Waals surface area contributed by atoms with Gasteiger partial charge in [-0.3, -0.25) is 9.78 Å². The van der Waals surface area contributed by atoms with Crippen LogP contribution in [-0.2, 0) is 0 Å². The minimum Gasteiger partial charge on any atom is -0.496 e. The summed E-state index contributed by atoms with van der Waals surface area (Å²) in [6, 6.07) is 11.8. The Labute approximate surface area is 154 Å². The molecule has 0 bridgehead atoms. The molecule has 1 aromatic heterocycles. The molecule has 1 N–H and O–H groups in total. The number of carbonyl (C=O) groups excluding carboxylic acids is 1. The third-order valence-corrected chi connectivity index (χ3v) is 4.63. The summed E-state index contributed by atoms with van der Waals surface area (Å²) in [6.07, 6.45) is 1.84. The topological polar surface area (TPSA) is 51.2 Å². The third kappa shape index (κ3) is 3.27. The van der Waals surface area contributed by atoms with Gasteiger partial charge in [0.05, 0.1) is 12.8 Å². The van der Waals surface area contributed by atoms with E-state index in [1.807, 2.05) is 43.6 Å². The van der Waals surface area contributed by atoms with Crippen LogP contribution in [-0.4, -0.2) is 24.9 Å². The van der Waals surface area contributed by atoms with Crippen molar-refractivity contribution in [2.45, 2.75) is 26.7 Å². The number of methoxy groups -OCH3 is 1. The molecule has 0 saturated carbocycles. The van der Waals surface area contributed by atoms with E-state index in [-0.39, 0.29) is 5.78 Å². The van der Waals surface area contributed by atoms with E-state index >= 15 is 0 Å². The zero-order chi connectivity index (χ0) is 18.8. The Morgan fingerprint density at radius 3 is 2.50 bits per heavy atom. The maximum Gasteiger partial charge on any atom is 0.159 e. The lowest BCUT2D eigenvalue weighted by atomic mass is 9.96. The summed E-state index contributed by atoms with van der Waals surface area (Å²) in [5.41, 5.74) is 4.72. The van der Waals surface area contributed by atoms with E-state index in [0.29, 0.717) is 11.5 Å². The maximum absolute atomic E-state index is 11.7. The second-order valence-electron chi connectivity index (χ2n) is 6.73. The van der Waals surface area contributed by atoms with Crippen LogP contribution in [0.4, 0.5) is 5.69 Å². The maximum atomic E-state index is 11.7. The van der Waals surface area contributed by atoms with Gasteiger partial charge in [0.1, 0.15) is 5.75 Å². The van der Waals surface area contributed by atoms with E-state index in [2.05, 4.69) is 30.2 Å². The third-order valence-electron chi connectivity index (χ3n) is 4.63. The van der Waals surface area contributed by atoms with Crippen LogP contribution in [0, 0.1) is 0 Å². The highest BCUT2D eigenvalue weighted by molar-refractivity contribution is 5.99. The molecule has 0 spiro atoms. The number of benzene rings is 2. The number of aromatic nitrogens is 1. The normalized spacial score (nSPS) is 11.0. The van der Waals surface area contributed by atoms with E-state index in [1.54, 1.807) is 14.0 Å². The number of nitrogens with one attached hydrogen (secondary N) is 1. The van der Waals surface area contributed by atoms with Crippen molar-refractivity contribution in [2.75, 3.05) is 19.5 Å². The molecule has 3 aromatic rings. The lowest BCUT2D eigenvalue weighted by molar-refractivity contribution is 0.101. The fourth-order valence-electron chi connectivity index (χ4n) is 3.26. The van der Waals surface area contributed by atoms with Crippen molar-refractivity contribution in [1.82, 2.24) is 4.98 Å². The van der Waals surface area contributed by atoms with Crippen LogP contribution in [0.2, 0.25) is 0 Å². The summed E-state index contributed by atoms with van der Waals surface area (Å²) >= 11 is 0. The minimum atomic E-state index is 0.0608. The Morgan fingerprint density at radius 1 is 1.12 bits per heavy atom. The average molecular weight is 348 g/mol. The van der Waals surface area contributed by atoms with Crippen molar-refractivity contribution in [1.29, 1.82) is 0 Å². The van der Waals surface area contributed by atoms with Gasteiger partial charge in [0.25, 0.3) is 0 Å². The van der Waals surface area contributed by atoms with Gasteiger partial charge in [0, 0.05) is 41.0 Å². The number of rotatable bonds is 5. The lowest BCUT2D eigenvalue weighted by Crippen LogP contribution is -2.02. The van der Waals surface area contributed by atoms with Crippen LogP contribution in [0.3, 0.4) is 0 Å². The standard InChI is InChI=1S/C22H24N2O2/c1-13(2)22-20(23-4)10-18(11-21(22)26-5)19-9-17-8-15(14(3)25)6-7-16(17)12-24-19/h6-13,23H,1-5H3. The molecule has 0 fully saturated rings. The second-order valence-corrected chi connectivity index (χ2v) is 6.73. The van der Waals surface area contributed by atoms with Crippen LogP contribution < -0.4 is 10.1 Å². The number of Topliss-reactive ketones (excluding diaryl/α,β-unsaturated/α-hetero) is 1. The van der Waals surface area contributed by atoms with Gasteiger partial charge >= 0.3 is 0 Å². The predicted molar refractivity (Wildman–Crippen MR) is 107 cm³/mol. The zero-order valence-corrected chi connectivity index (χ0v) is 15.9. The van der Waals surface area contributed by atoms with Gasteiger partial charge in [0.15, 0.2) is 5.78 Å². The van der Waals surface area contributed by atoms with Crippen LogP contribution in [0.15, 0.2) is 42.6 Å². The first-order valence-electron chi connectivity index (χ1n) is 8.75. The fraction of sp³-hybridized carbons (Fsp3) is 0.273. The molecule has 0 aliphatic rings. The van der Waals surface area contributed by atoms with Gasteiger partial charge in [-0.05, 0) is 42.5 Å². The molecule has 134 valence electrons. The van der Waals surface area contributed by atoms with Crippen LogP contribution in [0.25, 0.3) is 22.0 Å². The molecule has 4 heteroatoms. The Kier molecular flexibility index (Phi) is 4.94. The zero-order valence-electron chi connectivity index (χ0n) is 15.9. The number of ether oxygens (including phenoxy) is 1. The first-order valence-corrected chi connectivity index (χ1v) is 8.75. The Morgan fingerprint density at radius 2 is 1.88 bits per heavy atom. The highest BCUT2D eigenvalue weighted by atomic mass is 16.5. The summed E-state index contributed by atoms with van der Waals surface area (Å²) in [5.74, 6) is 1.25. The van der Waals surface area contributed by atoms with Crippen molar-refractivity contribution in [3.05, 3.63) is 53.7 Å². The van der Waals surface area contributed by atoms with Gasteiger partial charge < -0.3 is 10.1 Å². The van der Waals surface area contributed by atoms with Crippen LogP contribution >= 0.6 is 0 Å². The highest BCUT2D eigenvalue weighted by Gasteiger charge is 2.15. The number of ketones is 1. The minimum absolute atomic E-state index is 0.0608. The first-order chi connectivity index (χ1) is 12.4. The molecule has 0 amide bonds. The molecular weight excluding hydrogens is 324 g/mol. The molecule has 26 heavy (non-hydrogen) atoms. The Hall–Kier alpha value is -2.88. The molecule has 0 aliphatic carbocycles. The van der Waals surface area contributed by atoms with E-state index in [0.717, 1.165) is 39.0 Å². The lowest BCUT2D eigenvalue weighted by Gasteiger charge is -2.18. The molecule has 2 aromatic carbocycles. The highest BCUT2D eigenvalue weighted by Crippen LogP contribution is 2.38. The Bertz CT molecular complexity index is 952. The second kappa shape index (κ2) is 7.16. The van der Waals surface area contributed by atoms with Gasteiger partial charge in [-0.15, -0.1) is 0 Å². The molecule has 1 heterocycles. The Balaban J connectivity index is 2.17. The molecule has 0 radical (unpaired) electrons. The summed E-state index contributed by atoms with van der Waals surface area (Å²) in [6.45, 7) is 5.88. The smallest absolute Gasteiger partial charge is 0.159 e. The molecule has 3 rings (SSSR count). The summed E-state index contributed by atoms with van der Waals surface area (Å²) in [7, 11) is 3.61. The van der Waals surface area contributed by atoms with Gasteiger partial charge in [-0.25, -0.2) is 0 Å². The van der Waals surface area contributed by atoms with E-state index < -0.39 is 0 Å². The van der Waals surface area contributed by atoms with E-state index in [1.165, 1.54) is 0 Å². The van der Waals surface area contributed by atoms with Crippen LogP contribution in [0.1, 0.15) is 42.6 Å². The largest absolute Gasteiger partial charge is 0.496 e. The monoisotopic (exact) mass is 348 g/mol. The average Bonchev–Trinajstić information content (AvgIpc) is 2.65. The van der Waals surface area contributed by atoms with Crippen molar-refractivity contribution >= 4 is 22.2 Å². The number of carbonyl (C=O) groups is 1. The van der Waals surface area contributed by atoms with Crippen molar-refractivity contribution in [3.8, 4) is 17.0 Å². The number of nitrogens with zero attached hydrogens (tertiary/aromatic N) is 1. The quantitative estimate of drug-likeness (QED) is 0.638. The number of hydrogen-bond acceptors (Lipinski definition) is 4. The number of fused-ring (bicyclic) bond motifs is 1. The molecular formula is C22H24N2O2. The van der Waals surface area contributed by atoms with Crippen molar-refractivity contribution in [2.24, 2.45) is 0 Å². The first kappa shape index (κ1) is 17.9. The predicted octanol–water partition coefficient (Wildman–Crippen LogP) is 5.28. The van der Waals surface area contributed by atoms with Gasteiger partial charge in [-0.2, -0.15) is 0 Å². The molecule has 0 atom stereocenters. The summed E-state index contributed by atoms with van der Waals surface area (Å²) in [4.78, 5) is 16.3. The van der Waals surface area contributed by atoms with Crippen molar-refractivity contribution < 1.29 is 9.53 Å². The SMILES string of the molecule is CNc1cc(-c2cc3cc(C(C)=O)ccc3cn2)cc(OC)c1C(C)C. The number of hydrogen-bond donors (Lipinski definition) is 1. The number of pyridine rings is 1. The van der Waals surface area contributed by atoms with Crippen LogP contribution in [0.5, 0.6) is 5.75 Å². The van der Waals surface area contributed by atoms with E-state index in [4.69, 9.17) is 4.74 Å². The molecule has 0 aliphatic heterocycles.